The Labute approximate surface area is 99.5 Å². The summed E-state index contributed by atoms with van der Waals surface area (Å²) in [7, 11) is -3.25. The number of carboxylic acids is 1. The summed E-state index contributed by atoms with van der Waals surface area (Å²) in [5.74, 6) is -1.73. The number of aliphatic carboxylic acids is 1. The molecule has 9 heteroatoms. The predicted octanol–water partition coefficient (Wildman–Crippen LogP) is -0.324. The van der Waals surface area contributed by atoms with Crippen molar-refractivity contribution in [3.05, 3.63) is 0 Å². The van der Waals surface area contributed by atoms with Crippen LogP contribution in [0, 0.1) is 5.92 Å². The van der Waals surface area contributed by atoms with E-state index in [1.54, 1.807) is 13.8 Å². The highest BCUT2D eigenvalue weighted by molar-refractivity contribution is 7.88. The molecule has 0 saturated heterocycles. The normalized spacial score (nSPS) is 14.8. The highest BCUT2D eigenvalue weighted by Gasteiger charge is 2.29. The summed E-state index contributed by atoms with van der Waals surface area (Å²) in [5, 5.41) is 8.86. The fraction of sp³-hybridized carbons (Fsp3) is 0.750. The lowest BCUT2D eigenvalue weighted by Gasteiger charge is -2.19. The smallest absolute Gasteiger partial charge is 0.421 e. The second-order valence-corrected chi connectivity index (χ2v) is 4.86. The van der Waals surface area contributed by atoms with Gasteiger partial charge in [0.25, 0.3) is 0 Å². The number of hydrogen-bond donors (Lipinski definition) is 3. The minimum absolute atomic E-state index is 0.415. The summed E-state index contributed by atoms with van der Waals surface area (Å²) in [6.45, 7) is 3.31. The topological polar surface area (TPSA) is 122 Å². The van der Waals surface area contributed by atoms with Crippen molar-refractivity contribution in [3.8, 4) is 0 Å². The molecular formula is C8H16N2O6S. The van der Waals surface area contributed by atoms with Gasteiger partial charge in [-0.25, -0.2) is 9.52 Å². The molecule has 0 heterocycles. The first-order chi connectivity index (χ1) is 7.73. The van der Waals surface area contributed by atoms with Crippen molar-refractivity contribution < 1.29 is 27.9 Å². The number of hydrogen-bond acceptors (Lipinski definition) is 5. The van der Waals surface area contributed by atoms with Crippen LogP contribution >= 0.6 is 0 Å². The van der Waals surface area contributed by atoms with E-state index in [-0.39, 0.29) is 0 Å². The minimum Gasteiger partial charge on any atom is -0.480 e. The van der Waals surface area contributed by atoms with Crippen LogP contribution in [0.2, 0.25) is 0 Å². The first-order valence-electron chi connectivity index (χ1n) is 4.84. The third-order valence-corrected chi connectivity index (χ3v) is 3.16. The Hall–Kier alpha value is -1.35. The molecule has 0 rings (SSSR count). The molecule has 0 spiro atoms. The summed E-state index contributed by atoms with van der Waals surface area (Å²) < 4.78 is 30.2. The fourth-order valence-electron chi connectivity index (χ4n) is 0.994. The van der Waals surface area contributed by atoms with Gasteiger partial charge >= 0.3 is 22.3 Å². The van der Waals surface area contributed by atoms with Crippen molar-refractivity contribution in [2.75, 3.05) is 7.11 Å². The third-order valence-electron chi connectivity index (χ3n) is 2.16. The Kier molecular flexibility index (Phi) is 5.89. The van der Waals surface area contributed by atoms with Gasteiger partial charge in [-0.05, 0) is 5.92 Å². The molecule has 0 aromatic carbocycles. The number of carbonyl (C=O) groups is 2. The van der Waals surface area contributed by atoms with Crippen LogP contribution in [-0.2, 0) is 19.7 Å². The monoisotopic (exact) mass is 268 g/mol. The maximum absolute atomic E-state index is 11.3. The third kappa shape index (κ3) is 5.50. The van der Waals surface area contributed by atoms with Gasteiger partial charge in [0.05, 0.1) is 7.11 Å². The Morgan fingerprint density at radius 3 is 2.29 bits per heavy atom. The molecule has 0 aliphatic heterocycles. The van der Waals surface area contributed by atoms with E-state index in [0.717, 1.165) is 7.11 Å². The molecule has 0 fully saturated rings. The molecule has 0 saturated carbocycles. The molecule has 3 N–H and O–H groups in total. The van der Waals surface area contributed by atoms with E-state index in [2.05, 4.69) is 4.74 Å². The summed E-state index contributed by atoms with van der Waals surface area (Å²) in [6, 6.07) is -1.30. The number of methoxy groups -OCH3 is 1. The highest BCUT2D eigenvalue weighted by atomic mass is 32.2. The summed E-state index contributed by atoms with van der Waals surface area (Å²) in [6.07, 6.45) is -0.719. The standard InChI is InChI=1S/C8H16N2O6S/c1-4-5(2)6(7(11)12)9-17(14,15)10-8(13)16-3/h5-6,9H,4H2,1-3H3,(H,10,13)(H,11,12)/t5-,6-/m0/s1. The largest absolute Gasteiger partial charge is 0.480 e. The molecule has 0 aromatic rings. The maximum atomic E-state index is 11.3. The quantitative estimate of drug-likeness (QED) is 0.606. The first-order valence-corrected chi connectivity index (χ1v) is 6.32. The van der Waals surface area contributed by atoms with Gasteiger partial charge in [-0.3, -0.25) is 4.79 Å². The van der Waals surface area contributed by atoms with Gasteiger partial charge in [-0.1, -0.05) is 20.3 Å². The van der Waals surface area contributed by atoms with Crippen LogP contribution in [0.15, 0.2) is 0 Å². The molecule has 0 radical (unpaired) electrons. The van der Waals surface area contributed by atoms with E-state index < -0.39 is 34.2 Å². The van der Waals surface area contributed by atoms with E-state index in [4.69, 9.17) is 5.11 Å². The van der Waals surface area contributed by atoms with E-state index in [0.29, 0.717) is 6.42 Å². The Bertz CT molecular complexity index is 379. The number of amides is 1. The van der Waals surface area contributed by atoms with Gasteiger partial charge in [0, 0.05) is 0 Å². The molecule has 0 aliphatic carbocycles. The lowest BCUT2D eigenvalue weighted by molar-refractivity contribution is -0.140. The second kappa shape index (κ2) is 6.40. The zero-order valence-corrected chi connectivity index (χ0v) is 10.6. The van der Waals surface area contributed by atoms with Crippen molar-refractivity contribution in [2.24, 2.45) is 5.92 Å². The van der Waals surface area contributed by atoms with Crippen LogP contribution < -0.4 is 9.44 Å². The van der Waals surface area contributed by atoms with Crippen molar-refractivity contribution in [2.45, 2.75) is 26.3 Å². The molecule has 0 bridgehead atoms. The number of carbonyl (C=O) groups excluding carboxylic acids is 1. The van der Waals surface area contributed by atoms with Gasteiger partial charge in [0.15, 0.2) is 0 Å². The van der Waals surface area contributed by atoms with Crippen LogP contribution in [0.4, 0.5) is 4.79 Å². The Morgan fingerprint density at radius 2 is 1.94 bits per heavy atom. The van der Waals surface area contributed by atoms with E-state index in [9.17, 15) is 18.0 Å². The minimum atomic E-state index is -4.25. The van der Waals surface area contributed by atoms with Crippen molar-refractivity contribution in [1.29, 1.82) is 0 Å². The molecule has 0 aliphatic rings. The van der Waals surface area contributed by atoms with Crippen LogP contribution in [-0.4, -0.2) is 38.7 Å². The van der Waals surface area contributed by atoms with Crippen molar-refractivity contribution in [1.82, 2.24) is 9.44 Å². The van der Waals surface area contributed by atoms with Gasteiger partial charge in [0.2, 0.25) is 0 Å². The van der Waals surface area contributed by atoms with Crippen LogP contribution in [0.5, 0.6) is 0 Å². The Morgan fingerprint density at radius 1 is 1.41 bits per heavy atom. The fourth-order valence-corrected chi connectivity index (χ4v) is 2.02. The number of nitrogens with one attached hydrogen (secondary N) is 2. The first kappa shape index (κ1) is 15.7. The molecule has 8 nitrogen and oxygen atoms in total. The van der Waals surface area contributed by atoms with Gasteiger partial charge in [-0.2, -0.15) is 13.1 Å². The van der Waals surface area contributed by atoms with Crippen molar-refractivity contribution >= 4 is 22.3 Å². The van der Waals surface area contributed by atoms with E-state index >= 15 is 0 Å². The highest BCUT2D eigenvalue weighted by Crippen LogP contribution is 2.08. The molecule has 2 atom stereocenters. The lowest BCUT2D eigenvalue weighted by atomic mass is 10.0. The van der Waals surface area contributed by atoms with E-state index in [1.165, 1.54) is 4.72 Å². The number of carboxylic acid groups (broad SMARTS) is 1. The average molecular weight is 268 g/mol. The second-order valence-electron chi connectivity index (χ2n) is 3.42. The lowest BCUT2D eigenvalue weighted by Crippen LogP contribution is -2.50. The maximum Gasteiger partial charge on any atom is 0.421 e. The number of rotatable bonds is 6. The summed E-state index contributed by atoms with van der Waals surface area (Å²) in [4.78, 5) is 21.6. The van der Waals surface area contributed by atoms with Crippen LogP contribution in [0.1, 0.15) is 20.3 Å². The molecule has 100 valence electrons. The molecule has 17 heavy (non-hydrogen) atoms. The average Bonchev–Trinajstić information content (AvgIpc) is 2.23. The van der Waals surface area contributed by atoms with Gasteiger partial charge in [-0.15, -0.1) is 0 Å². The van der Waals surface area contributed by atoms with Crippen LogP contribution in [0.3, 0.4) is 0 Å². The summed E-state index contributed by atoms with van der Waals surface area (Å²) >= 11 is 0. The number of ether oxygens (including phenoxy) is 1. The Balaban J connectivity index is 4.76. The van der Waals surface area contributed by atoms with Gasteiger partial charge < -0.3 is 9.84 Å². The molecule has 0 aromatic heterocycles. The molecular weight excluding hydrogens is 252 g/mol. The van der Waals surface area contributed by atoms with E-state index in [1.807, 2.05) is 4.72 Å². The van der Waals surface area contributed by atoms with Gasteiger partial charge in [0.1, 0.15) is 6.04 Å². The molecule has 1 amide bonds. The summed E-state index contributed by atoms with van der Waals surface area (Å²) in [5.41, 5.74) is 0. The predicted molar refractivity (Wildman–Crippen MR) is 58.5 cm³/mol. The SMILES string of the molecule is CC[C@H](C)[C@H](NS(=O)(=O)NC(=O)OC)C(=O)O. The zero-order valence-electron chi connectivity index (χ0n) is 9.76. The van der Waals surface area contributed by atoms with Crippen LogP contribution in [0.25, 0.3) is 0 Å². The zero-order chi connectivity index (χ0) is 13.6. The molecule has 0 unspecified atom stereocenters. The van der Waals surface area contributed by atoms with Crippen molar-refractivity contribution in [3.63, 3.8) is 0 Å².